The molecule has 4 rings (SSSR count). The number of benzene rings is 1. The Hall–Kier alpha value is -3.40. The highest BCUT2D eigenvalue weighted by Gasteiger charge is 2.38. The van der Waals surface area contributed by atoms with Crippen molar-refractivity contribution in [1.82, 2.24) is 14.8 Å². The van der Waals surface area contributed by atoms with Gasteiger partial charge in [0.2, 0.25) is 11.3 Å². The number of nitrogens with one attached hydrogen (secondary N) is 1. The number of pyridine rings is 1. The first-order valence-electron chi connectivity index (χ1n) is 11.2. The maximum Gasteiger partial charge on any atom is 0.341 e. The van der Waals surface area contributed by atoms with E-state index < -0.39 is 28.8 Å². The second-order valence-electron chi connectivity index (χ2n) is 9.07. The van der Waals surface area contributed by atoms with Crippen LogP contribution in [0.15, 0.2) is 29.8 Å². The summed E-state index contributed by atoms with van der Waals surface area (Å²) >= 11 is 0. The van der Waals surface area contributed by atoms with Crippen LogP contribution in [0.5, 0.6) is 5.75 Å². The number of carboxylic acids is 1. The molecular formula is C24H29FN4O5. The topological polar surface area (TPSA) is 104 Å². The number of rotatable bonds is 8. The van der Waals surface area contributed by atoms with E-state index in [2.05, 4.69) is 11.9 Å². The number of nitrogens with zero attached hydrogens (tertiary/aromatic N) is 3. The SMILES string of the molecule is C=CNC(=O)C(C1CCN(c2c(F)cc3c(=O)c(C(=O)O)cn(C4CC4)c3c2OC)C1)N(C)C. The van der Waals surface area contributed by atoms with Crippen molar-refractivity contribution in [3.63, 3.8) is 0 Å². The van der Waals surface area contributed by atoms with Crippen LogP contribution in [0.3, 0.4) is 0 Å². The van der Waals surface area contributed by atoms with Crippen molar-refractivity contribution >= 4 is 28.5 Å². The van der Waals surface area contributed by atoms with E-state index in [-0.39, 0.29) is 34.7 Å². The Kier molecular flexibility index (Phi) is 6.35. The maximum atomic E-state index is 15.5. The number of hydrogen-bond donors (Lipinski definition) is 2. The monoisotopic (exact) mass is 472 g/mol. The van der Waals surface area contributed by atoms with Crippen molar-refractivity contribution in [2.24, 2.45) is 5.92 Å². The van der Waals surface area contributed by atoms with E-state index in [9.17, 15) is 19.5 Å². The molecule has 10 heteroatoms. The second-order valence-corrected chi connectivity index (χ2v) is 9.07. The summed E-state index contributed by atoms with van der Waals surface area (Å²) < 4.78 is 22.9. The Morgan fingerprint density at radius 1 is 1.35 bits per heavy atom. The molecule has 0 bridgehead atoms. The predicted octanol–water partition coefficient (Wildman–Crippen LogP) is 2.20. The third-order valence-corrected chi connectivity index (χ3v) is 6.63. The molecule has 1 aromatic carbocycles. The molecule has 182 valence electrons. The van der Waals surface area contributed by atoms with Gasteiger partial charge in [0.25, 0.3) is 0 Å². The Morgan fingerprint density at radius 2 is 2.06 bits per heavy atom. The van der Waals surface area contributed by atoms with E-state index in [1.54, 1.807) is 4.57 Å². The molecule has 2 aliphatic rings. The lowest BCUT2D eigenvalue weighted by Crippen LogP contribution is -2.47. The summed E-state index contributed by atoms with van der Waals surface area (Å²) in [4.78, 5) is 40.8. The molecule has 1 saturated carbocycles. The molecule has 34 heavy (non-hydrogen) atoms. The minimum absolute atomic E-state index is 0.0165. The lowest BCUT2D eigenvalue weighted by molar-refractivity contribution is -0.126. The number of likely N-dealkylation sites (N-methyl/N-ethyl adjacent to an activating group) is 1. The van der Waals surface area contributed by atoms with E-state index >= 15 is 4.39 Å². The van der Waals surface area contributed by atoms with E-state index in [4.69, 9.17) is 4.74 Å². The van der Waals surface area contributed by atoms with Gasteiger partial charge in [-0.1, -0.05) is 6.58 Å². The van der Waals surface area contributed by atoms with Gasteiger partial charge in [0.1, 0.15) is 11.3 Å². The molecule has 1 aliphatic carbocycles. The number of carboxylic acid groups (broad SMARTS) is 1. The number of aromatic nitrogens is 1. The number of carbonyl (C=O) groups is 2. The van der Waals surface area contributed by atoms with Crippen LogP contribution >= 0.6 is 0 Å². The number of ether oxygens (including phenoxy) is 1. The molecule has 2 heterocycles. The minimum Gasteiger partial charge on any atom is -0.492 e. The Morgan fingerprint density at radius 3 is 2.62 bits per heavy atom. The van der Waals surface area contributed by atoms with Crippen LogP contribution in [0.4, 0.5) is 10.1 Å². The molecule has 1 saturated heterocycles. The van der Waals surface area contributed by atoms with Crippen LogP contribution in [0.2, 0.25) is 0 Å². The standard InChI is InChI=1S/C24H29FN4O5/c1-5-26-23(31)18(27(2)3)13-8-9-28(11-13)20-17(25)10-15-19(22(20)34-4)29(14-6-7-14)12-16(21(15)30)24(32)33/h5,10,12-14,18H,1,6-9,11H2,2-4H3,(H,26,31)(H,32,33). The molecule has 0 radical (unpaired) electrons. The van der Waals surface area contributed by atoms with Crippen LogP contribution in [-0.4, -0.2) is 66.8 Å². The van der Waals surface area contributed by atoms with Crippen LogP contribution in [0.1, 0.15) is 35.7 Å². The molecule has 2 N–H and O–H groups in total. The maximum absolute atomic E-state index is 15.5. The van der Waals surface area contributed by atoms with Crippen LogP contribution in [0.25, 0.3) is 10.9 Å². The third-order valence-electron chi connectivity index (χ3n) is 6.63. The number of carbonyl (C=O) groups excluding carboxylic acids is 1. The first-order chi connectivity index (χ1) is 16.2. The largest absolute Gasteiger partial charge is 0.492 e. The number of halogens is 1. The Labute approximate surface area is 196 Å². The van der Waals surface area contributed by atoms with Gasteiger partial charge in [-0.25, -0.2) is 9.18 Å². The van der Waals surface area contributed by atoms with Crippen molar-refractivity contribution in [1.29, 1.82) is 0 Å². The fraction of sp³-hybridized carbons (Fsp3) is 0.458. The molecule has 2 fully saturated rings. The molecule has 2 unspecified atom stereocenters. The number of amides is 1. The summed E-state index contributed by atoms with van der Waals surface area (Å²) in [7, 11) is 5.06. The molecular weight excluding hydrogens is 443 g/mol. The highest BCUT2D eigenvalue weighted by Crippen LogP contribution is 2.44. The third kappa shape index (κ3) is 4.02. The summed E-state index contributed by atoms with van der Waals surface area (Å²) in [6, 6.07) is 0.711. The van der Waals surface area contributed by atoms with E-state index in [0.29, 0.717) is 25.0 Å². The second kappa shape index (κ2) is 9.09. The number of hydrogen-bond acceptors (Lipinski definition) is 6. The smallest absolute Gasteiger partial charge is 0.341 e. The molecule has 1 aliphatic heterocycles. The van der Waals surface area contributed by atoms with E-state index in [1.165, 1.54) is 19.5 Å². The van der Waals surface area contributed by atoms with E-state index in [1.807, 2.05) is 23.9 Å². The van der Waals surface area contributed by atoms with Gasteiger partial charge in [0.05, 0.1) is 24.1 Å². The first kappa shape index (κ1) is 23.7. The van der Waals surface area contributed by atoms with Gasteiger partial charge >= 0.3 is 5.97 Å². The Bertz CT molecular complexity index is 1220. The summed E-state index contributed by atoms with van der Waals surface area (Å²) in [5.41, 5.74) is -0.516. The van der Waals surface area contributed by atoms with Crippen molar-refractivity contribution in [2.75, 3.05) is 39.2 Å². The number of methoxy groups -OCH3 is 1. The van der Waals surface area contributed by atoms with Gasteiger partial charge < -0.3 is 24.6 Å². The summed E-state index contributed by atoms with van der Waals surface area (Å²) in [6.45, 7) is 4.46. The van der Waals surface area contributed by atoms with E-state index in [0.717, 1.165) is 18.9 Å². The van der Waals surface area contributed by atoms with Crippen molar-refractivity contribution in [2.45, 2.75) is 31.3 Å². The summed E-state index contributed by atoms with van der Waals surface area (Å²) in [5.74, 6) is -2.06. The zero-order valence-electron chi connectivity index (χ0n) is 19.5. The fourth-order valence-corrected chi connectivity index (χ4v) is 5.03. The molecule has 0 spiro atoms. The highest BCUT2D eigenvalue weighted by molar-refractivity contribution is 5.97. The van der Waals surface area contributed by atoms with Gasteiger partial charge in [-0.2, -0.15) is 0 Å². The average Bonchev–Trinajstić information content (AvgIpc) is 3.51. The van der Waals surface area contributed by atoms with Crippen molar-refractivity contribution in [3.8, 4) is 5.75 Å². The lowest BCUT2D eigenvalue weighted by Gasteiger charge is -2.29. The fourth-order valence-electron chi connectivity index (χ4n) is 5.03. The number of aromatic carboxylic acids is 1. The van der Waals surface area contributed by atoms with Crippen molar-refractivity contribution < 1.29 is 23.8 Å². The molecule has 2 aromatic rings. The normalized spacial score (nSPS) is 18.9. The van der Waals surface area contributed by atoms with Gasteiger partial charge in [-0.05, 0) is 45.6 Å². The van der Waals surface area contributed by atoms with Gasteiger partial charge in [-0.3, -0.25) is 14.5 Å². The number of fused-ring (bicyclic) bond motifs is 1. The molecule has 1 aromatic heterocycles. The van der Waals surface area contributed by atoms with Gasteiger partial charge in [-0.15, -0.1) is 0 Å². The quantitative estimate of drug-likeness (QED) is 0.607. The molecule has 1 amide bonds. The highest BCUT2D eigenvalue weighted by atomic mass is 19.1. The van der Waals surface area contributed by atoms with Gasteiger partial charge in [0, 0.05) is 31.2 Å². The van der Waals surface area contributed by atoms with Crippen molar-refractivity contribution in [3.05, 3.63) is 46.6 Å². The zero-order valence-corrected chi connectivity index (χ0v) is 19.5. The minimum atomic E-state index is -1.35. The summed E-state index contributed by atoms with van der Waals surface area (Å²) in [5, 5.41) is 12.1. The molecule has 2 atom stereocenters. The van der Waals surface area contributed by atoms with Crippen LogP contribution < -0.4 is 20.4 Å². The average molecular weight is 473 g/mol. The van der Waals surface area contributed by atoms with Crippen LogP contribution in [-0.2, 0) is 4.79 Å². The lowest BCUT2D eigenvalue weighted by atomic mass is 9.97. The first-order valence-corrected chi connectivity index (χ1v) is 11.2. The Balaban J connectivity index is 1.82. The molecule has 9 nitrogen and oxygen atoms in total. The number of anilines is 1. The predicted molar refractivity (Wildman–Crippen MR) is 126 cm³/mol. The zero-order chi connectivity index (χ0) is 24.7. The van der Waals surface area contributed by atoms with Gasteiger partial charge in [0.15, 0.2) is 11.6 Å². The van der Waals surface area contributed by atoms with Crippen LogP contribution in [0, 0.1) is 11.7 Å². The summed E-state index contributed by atoms with van der Waals surface area (Å²) in [6.07, 6.45) is 5.01.